The molecule has 148 valence electrons. The zero-order chi connectivity index (χ0) is 18.2. The monoisotopic (exact) mass is 474 g/mol. The third-order valence-corrected chi connectivity index (χ3v) is 4.99. The highest BCUT2D eigenvalue weighted by atomic mass is 127. The van der Waals surface area contributed by atoms with E-state index in [2.05, 4.69) is 48.2 Å². The second-order valence-corrected chi connectivity index (χ2v) is 7.44. The lowest BCUT2D eigenvalue weighted by molar-refractivity contribution is 0.125. The maximum Gasteiger partial charge on any atom is 0.188 e. The molecule has 1 aliphatic heterocycles. The van der Waals surface area contributed by atoms with Crippen LogP contribution in [0.2, 0.25) is 0 Å². The molecule has 2 unspecified atom stereocenters. The highest BCUT2D eigenvalue weighted by molar-refractivity contribution is 14.0. The molecule has 2 atom stereocenters. The van der Waals surface area contributed by atoms with Crippen LogP contribution in [0.4, 0.5) is 0 Å². The highest BCUT2D eigenvalue weighted by Gasteiger charge is 2.30. The molecule has 0 spiro atoms. The number of hydrogen-bond acceptors (Lipinski definition) is 3. The molecule has 5 nitrogen and oxygen atoms in total. The van der Waals surface area contributed by atoms with Crippen molar-refractivity contribution in [1.82, 2.24) is 10.2 Å². The Labute approximate surface area is 175 Å². The number of ether oxygens (including phenoxy) is 1. The van der Waals surface area contributed by atoms with E-state index in [1.165, 1.54) is 18.4 Å². The van der Waals surface area contributed by atoms with Crippen molar-refractivity contribution >= 4 is 29.9 Å². The maximum absolute atomic E-state index is 6.04. The molecule has 2 rings (SSSR count). The van der Waals surface area contributed by atoms with Gasteiger partial charge in [-0.3, -0.25) is 9.89 Å². The lowest BCUT2D eigenvalue weighted by Gasteiger charge is -2.39. The first-order valence-corrected chi connectivity index (χ1v) is 9.39. The second kappa shape index (κ2) is 11.6. The fourth-order valence-electron chi connectivity index (χ4n) is 3.54. The summed E-state index contributed by atoms with van der Waals surface area (Å²) in [5.74, 6) is 2.63. The molecule has 0 bridgehead atoms. The van der Waals surface area contributed by atoms with Crippen LogP contribution < -0.4 is 15.8 Å². The first-order valence-electron chi connectivity index (χ1n) is 9.39. The predicted molar refractivity (Wildman–Crippen MR) is 120 cm³/mol. The highest BCUT2D eigenvalue weighted by Crippen LogP contribution is 2.35. The number of nitrogens with two attached hydrogens (primary N) is 1. The normalized spacial score (nSPS) is 21.3. The second-order valence-electron chi connectivity index (χ2n) is 7.44. The van der Waals surface area contributed by atoms with E-state index in [4.69, 9.17) is 10.5 Å². The van der Waals surface area contributed by atoms with Gasteiger partial charge in [-0.1, -0.05) is 26.0 Å². The number of nitrogens with one attached hydrogen (secondary N) is 1. The van der Waals surface area contributed by atoms with Crippen molar-refractivity contribution < 1.29 is 4.74 Å². The van der Waals surface area contributed by atoms with Crippen LogP contribution >= 0.6 is 24.0 Å². The molecule has 0 aromatic heterocycles. The largest absolute Gasteiger partial charge is 0.497 e. The standard InChI is InChI=1S/C20H34N4O.HI/c1-15(2)11-12-22-20(21)23-14-17-6-5-13-24(3)19(17)16-7-9-18(25-4)10-8-16;/h7-10,15,17,19H,5-6,11-14H2,1-4H3,(H3,21,22,23);1H. The molecule has 1 fully saturated rings. The van der Waals surface area contributed by atoms with Crippen LogP contribution in [0.5, 0.6) is 5.75 Å². The van der Waals surface area contributed by atoms with Crippen molar-refractivity contribution in [1.29, 1.82) is 0 Å². The smallest absolute Gasteiger partial charge is 0.188 e. The van der Waals surface area contributed by atoms with Crippen molar-refractivity contribution in [3.8, 4) is 5.75 Å². The molecule has 6 heteroatoms. The lowest BCUT2D eigenvalue weighted by atomic mass is 9.85. The molecule has 0 amide bonds. The molecule has 1 saturated heterocycles. The number of piperidine rings is 1. The van der Waals surface area contributed by atoms with E-state index in [1.807, 2.05) is 12.1 Å². The van der Waals surface area contributed by atoms with Gasteiger partial charge in [-0.2, -0.15) is 0 Å². The summed E-state index contributed by atoms with van der Waals surface area (Å²) in [6, 6.07) is 8.81. The minimum Gasteiger partial charge on any atom is -0.497 e. The quantitative estimate of drug-likeness (QED) is 0.360. The van der Waals surface area contributed by atoms with Gasteiger partial charge in [0.15, 0.2) is 5.96 Å². The van der Waals surface area contributed by atoms with Gasteiger partial charge in [0.25, 0.3) is 0 Å². The van der Waals surface area contributed by atoms with Crippen LogP contribution in [0.15, 0.2) is 29.3 Å². The van der Waals surface area contributed by atoms with Gasteiger partial charge in [0.05, 0.1) is 7.11 Å². The molecule has 0 aliphatic carbocycles. The molecule has 0 radical (unpaired) electrons. The molecule has 1 heterocycles. The Bertz CT molecular complexity index is 547. The maximum atomic E-state index is 6.04. The van der Waals surface area contributed by atoms with Gasteiger partial charge in [-0.05, 0) is 62.4 Å². The van der Waals surface area contributed by atoms with Gasteiger partial charge < -0.3 is 15.8 Å². The first-order chi connectivity index (χ1) is 12.0. The zero-order valence-electron chi connectivity index (χ0n) is 16.6. The summed E-state index contributed by atoms with van der Waals surface area (Å²) in [4.78, 5) is 7.06. The molecule has 26 heavy (non-hydrogen) atoms. The van der Waals surface area contributed by atoms with Crippen molar-refractivity contribution in [3.63, 3.8) is 0 Å². The van der Waals surface area contributed by atoms with Crippen LogP contribution in [0.25, 0.3) is 0 Å². The van der Waals surface area contributed by atoms with Crippen molar-refractivity contribution in [2.75, 3.05) is 33.8 Å². The SMILES string of the molecule is COc1ccc(C2C(CN=C(N)NCCC(C)C)CCCN2C)cc1.I. The van der Waals surface area contributed by atoms with Crippen LogP contribution in [-0.2, 0) is 0 Å². The van der Waals surface area contributed by atoms with E-state index in [0.29, 0.717) is 23.8 Å². The van der Waals surface area contributed by atoms with Crippen LogP contribution in [0.3, 0.4) is 0 Å². The third kappa shape index (κ3) is 6.95. The number of likely N-dealkylation sites (tertiary alicyclic amines) is 1. The summed E-state index contributed by atoms with van der Waals surface area (Å²) < 4.78 is 5.28. The molecule has 1 aromatic rings. The third-order valence-electron chi connectivity index (χ3n) is 4.99. The van der Waals surface area contributed by atoms with Gasteiger partial charge in [0, 0.05) is 19.1 Å². The first kappa shape index (κ1) is 23.0. The van der Waals surface area contributed by atoms with E-state index in [1.54, 1.807) is 7.11 Å². The average molecular weight is 474 g/mol. The van der Waals surface area contributed by atoms with E-state index in [9.17, 15) is 0 Å². The Morgan fingerprint density at radius 2 is 2.04 bits per heavy atom. The Balaban J connectivity index is 0.00000338. The Morgan fingerprint density at radius 1 is 1.35 bits per heavy atom. The molecule has 3 N–H and O–H groups in total. The topological polar surface area (TPSA) is 62.9 Å². The van der Waals surface area contributed by atoms with Crippen molar-refractivity contribution in [3.05, 3.63) is 29.8 Å². The van der Waals surface area contributed by atoms with Gasteiger partial charge in [-0.15, -0.1) is 24.0 Å². The molecular weight excluding hydrogens is 439 g/mol. The van der Waals surface area contributed by atoms with Gasteiger partial charge in [-0.25, -0.2) is 0 Å². The minimum absolute atomic E-state index is 0. The van der Waals surface area contributed by atoms with Crippen LogP contribution in [0, 0.1) is 11.8 Å². The van der Waals surface area contributed by atoms with Crippen LogP contribution in [-0.4, -0.2) is 44.7 Å². The Hall–Kier alpha value is -1.02. The number of methoxy groups -OCH3 is 1. The van der Waals surface area contributed by atoms with E-state index in [-0.39, 0.29) is 24.0 Å². The van der Waals surface area contributed by atoms with Crippen molar-refractivity contribution in [2.24, 2.45) is 22.6 Å². The van der Waals surface area contributed by atoms with E-state index >= 15 is 0 Å². The number of guanidine groups is 1. The molecule has 1 aliphatic rings. The number of hydrogen-bond donors (Lipinski definition) is 2. The predicted octanol–water partition coefficient (Wildman–Crippen LogP) is 3.65. The van der Waals surface area contributed by atoms with Gasteiger partial charge >= 0.3 is 0 Å². The molecule has 0 saturated carbocycles. The van der Waals surface area contributed by atoms with Crippen molar-refractivity contribution in [2.45, 2.75) is 39.2 Å². The minimum atomic E-state index is 0. The van der Waals surface area contributed by atoms with Gasteiger partial charge in [0.2, 0.25) is 0 Å². The average Bonchev–Trinajstić information content (AvgIpc) is 2.60. The summed E-state index contributed by atoms with van der Waals surface area (Å²) in [7, 11) is 3.91. The number of aliphatic imine (C=N–C) groups is 1. The fraction of sp³-hybridized carbons (Fsp3) is 0.650. The number of benzene rings is 1. The summed E-state index contributed by atoms with van der Waals surface area (Å²) in [6.07, 6.45) is 3.50. The lowest BCUT2D eigenvalue weighted by Crippen LogP contribution is -2.38. The number of rotatable bonds is 7. The van der Waals surface area contributed by atoms with E-state index < -0.39 is 0 Å². The Morgan fingerprint density at radius 3 is 2.65 bits per heavy atom. The zero-order valence-corrected chi connectivity index (χ0v) is 18.9. The van der Waals surface area contributed by atoms with Crippen LogP contribution in [0.1, 0.15) is 44.7 Å². The fourth-order valence-corrected chi connectivity index (χ4v) is 3.54. The summed E-state index contributed by atoms with van der Waals surface area (Å²) in [5.41, 5.74) is 7.37. The van der Waals surface area contributed by atoms with E-state index in [0.717, 1.165) is 31.8 Å². The summed E-state index contributed by atoms with van der Waals surface area (Å²) in [5, 5.41) is 3.23. The molecule has 1 aromatic carbocycles. The number of halogens is 1. The summed E-state index contributed by atoms with van der Waals surface area (Å²) in [6.45, 7) is 7.21. The summed E-state index contributed by atoms with van der Waals surface area (Å²) >= 11 is 0. The Kier molecular flexibility index (Phi) is 10.3. The number of nitrogens with zero attached hydrogens (tertiary/aromatic N) is 2. The van der Waals surface area contributed by atoms with Gasteiger partial charge in [0.1, 0.15) is 5.75 Å². The molecular formula is C20H35IN4O.